The third-order valence-corrected chi connectivity index (χ3v) is 4.84. The summed E-state index contributed by atoms with van der Waals surface area (Å²) < 4.78 is 1.76. The Labute approximate surface area is 161 Å². The first-order valence-electron chi connectivity index (χ1n) is 8.65. The van der Waals surface area contributed by atoms with Gasteiger partial charge in [-0.1, -0.05) is 25.1 Å². The van der Waals surface area contributed by atoms with E-state index in [2.05, 4.69) is 5.32 Å². The van der Waals surface area contributed by atoms with Gasteiger partial charge in [-0.15, -0.1) is 0 Å². The molecular weight excluding hydrogens is 364 g/mol. The number of carbonyl (C=O) groups excluding carboxylic acids is 3. The molecule has 2 heterocycles. The summed E-state index contributed by atoms with van der Waals surface area (Å²) in [5.41, 5.74) is 7.98. The van der Waals surface area contributed by atoms with Crippen LogP contribution < -0.4 is 11.1 Å². The molecule has 0 radical (unpaired) electrons. The monoisotopic (exact) mass is 384 g/mol. The highest BCUT2D eigenvalue weighted by Gasteiger charge is 2.32. The Bertz CT molecular complexity index is 1010. The zero-order chi connectivity index (χ0) is 19.7. The quantitative estimate of drug-likeness (QED) is 0.462. The van der Waals surface area contributed by atoms with Crippen LogP contribution in [-0.2, 0) is 27.3 Å². The van der Waals surface area contributed by atoms with Crippen LogP contribution in [0.15, 0.2) is 30.0 Å². The summed E-state index contributed by atoms with van der Waals surface area (Å²) in [7, 11) is 0. The Morgan fingerprint density at radius 2 is 2.04 bits per heavy atom. The Hall–Kier alpha value is -3.00. The van der Waals surface area contributed by atoms with Crippen molar-refractivity contribution >= 4 is 52.0 Å². The molecule has 8 heteroatoms. The lowest BCUT2D eigenvalue weighted by molar-refractivity contribution is -0.128. The number of nitrogens with zero attached hydrogens (tertiary/aromatic N) is 2. The summed E-state index contributed by atoms with van der Waals surface area (Å²) in [6.45, 7) is 4.18. The van der Waals surface area contributed by atoms with Gasteiger partial charge >= 0.3 is 0 Å². The van der Waals surface area contributed by atoms with Gasteiger partial charge in [-0.05, 0) is 37.2 Å². The second kappa shape index (κ2) is 7.32. The van der Waals surface area contributed by atoms with Crippen molar-refractivity contribution in [1.82, 2.24) is 14.8 Å². The van der Waals surface area contributed by atoms with Crippen LogP contribution >= 0.6 is 12.2 Å². The van der Waals surface area contributed by atoms with Crippen LogP contribution in [0.5, 0.6) is 0 Å². The number of benzene rings is 1. The maximum Gasteiger partial charge on any atom is 0.265 e. The molecule has 3 amide bonds. The molecule has 0 spiro atoms. The van der Waals surface area contributed by atoms with Crippen molar-refractivity contribution in [3.8, 4) is 0 Å². The molecule has 140 valence electrons. The second-order valence-electron chi connectivity index (χ2n) is 6.21. The molecule has 1 aliphatic rings. The highest BCUT2D eigenvalue weighted by atomic mass is 32.1. The molecule has 0 atom stereocenters. The zero-order valence-electron chi connectivity index (χ0n) is 15.1. The van der Waals surface area contributed by atoms with Gasteiger partial charge in [0.15, 0.2) is 5.11 Å². The number of hydrogen-bond acceptors (Lipinski definition) is 4. The number of rotatable bonds is 5. The molecule has 0 unspecified atom stereocenters. The van der Waals surface area contributed by atoms with Crippen LogP contribution in [-0.4, -0.2) is 38.8 Å². The number of primary amides is 1. The first-order chi connectivity index (χ1) is 12.9. The maximum atomic E-state index is 12.7. The van der Waals surface area contributed by atoms with Gasteiger partial charge in [-0.2, -0.15) is 0 Å². The summed E-state index contributed by atoms with van der Waals surface area (Å²) in [6, 6.07) is 5.78. The van der Waals surface area contributed by atoms with E-state index in [9.17, 15) is 14.4 Å². The number of thiocarbonyl (C=S) groups is 1. The van der Waals surface area contributed by atoms with Crippen molar-refractivity contribution in [3.63, 3.8) is 0 Å². The smallest absolute Gasteiger partial charge is 0.265 e. The third-order valence-electron chi connectivity index (χ3n) is 4.52. The molecule has 7 nitrogen and oxygen atoms in total. The van der Waals surface area contributed by atoms with E-state index in [0.29, 0.717) is 12.1 Å². The fourth-order valence-electron chi connectivity index (χ4n) is 3.30. The number of nitrogens with two attached hydrogens (primary N) is 1. The molecule has 27 heavy (non-hydrogen) atoms. The number of aromatic nitrogens is 1. The minimum Gasteiger partial charge on any atom is -0.368 e. The van der Waals surface area contributed by atoms with Gasteiger partial charge in [0.2, 0.25) is 5.91 Å². The fraction of sp³-hybridized carbons (Fsp3) is 0.263. The van der Waals surface area contributed by atoms with E-state index in [1.165, 1.54) is 4.90 Å². The van der Waals surface area contributed by atoms with Crippen molar-refractivity contribution in [2.45, 2.75) is 26.8 Å². The van der Waals surface area contributed by atoms with Gasteiger partial charge in [0.25, 0.3) is 11.8 Å². The highest BCUT2D eigenvalue weighted by Crippen LogP contribution is 2.28. The van der Waals surface area contributed by atoms with E-state index in [1.54, 1.807) is 23.8 Å². The molecule has 0 aliphatic carbocycles. The normalized spacial score (nSPS) is 16.3. The number of carbonyl (C=O) groups is 3. The second-order valence-corrected chi connectivity index (χ2v) is 6.60. The third kappa shape index (κ3) is 3.35. The Balaban J connectivity index is 2.18. The standard InChI is InChI=1S/C19H20N4O3S/c1-3-11-6-5-7-13-12(9-22(16(11)13)10-15(20)24)8-14-17(25)21-19(27)23(4-2)18(14)26/h5-9H,3-4,10H2,1-2H3,(H2,20,24)(H,21,25,27)/b14-8+. The topological polar surface area (TPSA) is 97.4 Å². The predicted octanol–water partition coefficient (Wildman–Crippen LogP) is 1.34. The summed E-state index contributed by atoms with van der Waals surface area (Å²) in [5, 5.41) is 3.49. The first kappa shape index (κ1) is 18.8. The van der Waals surface area contributed by atoms with Crippen molar-refractivity contribution in [3.05, 3.63) is 41.1 Å². The van der Waals surface area contributed by atoms with Crippen LogP contribution in [0, 0.1) is 0 Å². The molecule has 1 aromatic carbocycles. The lowest BCUT2D eigenvalue weighted by Crippen LogP contribution is -2.53. The first-order valence-corrected chi connectivity index (χ1v) is 9.06. The predicted molar refractivity (Wildman–Crippen MR) is 107 cm³/mol. The zero-order valence-corrected chi connectivity index (χ0v) is 15.9. The molecule has 1 aliphatic heterocycles. The van der Waals surface area contributed by atoms with Gasteiger partial charge in [-0.25, -0.2) is 0 Å². The Morgan fingerprint density at radius 3 is 2.67 bits per heavy atom. The van der Waals surface area contributed by atoms with E-state index in [0.717, 1.165) is 22.9 Å². The van der Waals surface area contributed by atoms with Crippen LogP contribution in [0.4, 0.5) is 0 Å². The number of nitrogens with one attached hydrogen (secondary N) is 1. The summed E-state index contributed by atoms with van der Waals surface area (Å²) in [5.74, 6) is -1.43. The molecule has 0 bridgehead atoms. The molecule has 3 N–H and O–H groups in total. The van der Waals surface area contributed by atoms with Crippen molar-refractivity contribution < 1.29 is 14.4 Å². The fourth-order valence-corrected chi connectivity index (χ4v) is 3.60. The number of likely N-dealkylation sites (N-methyl/N-ethyl adjacent to an activating group) is 1. The molecule has 3 rings (SSSR count). The molecular formula is C19H20N4O3S. The average Bonchev–Trinajstić information content (AvgIpc) is 2.96. The SMILES string of the molecule is CCc1cccc2c(/C=C3\C(=O)NC(=S)N(CC)C3=O)cn(CC(N)=O)c12. The summed E-state index contributed by atoms with van der Waals surface area (Å²) in [6.07, 6.45) is 4.06. The maximum absolute atomic E-state index is 12.7. The molecule has 0 saturated carbocycles. The number of para-hydroxylation sites is 1. The van der Waals surface area contributed by atoms with E-state index >= 15 is 0 Å². The van der Waals surface area contributed by atoms with Crippen molar-refractivity contribution in [2.75, 3.05) is 6.54 Å². The van der Waals surface area contributed by atoms with Gasteiger partial charge in [0.05, 0.1) is 5.52 Å². The number of amides is 3. The van der Waals surface area contributed by atoms with E-state index < -0.39 is 17.7 Å². The number of aryl methyl sites for hydroxylation is 1. The number of hydrogen-bond donors (Lipinski definition) is 2. The van der Waals surface area contributed by atoms with Gasteiger partial charge in [0.1, 0.15) is 12.1 Å². The lowest BCUT2D eigenvalue weighted by atomic mass is 10.0. The van der Waals surface area contributed by atoms with Crippen LogP contribution in [0.3, 0.4) is 0 Å². The van der Waals surface area contributed by atoms with E-state index in [-0.39, 0.29) is 17.2 Å². The van der Waals surface area contributed by atoms with Crippen LogP contribution in [0.25, 0.3) is 17.0 Å². The minimum absolute atomic E-state index is 0.00507. The lowest BCUT2D eigenvalue weighted by Gasteiger charge is -2.27. The van der Waals surface area contributed by atoms with Gasteiger partial charge < -0.3 is 10.3 Å². The van der Waals surface area contributed by atoms with Crippen molar-refractivity contribution in [2.24, 2.45) is 5.73 Å². The van der Waals surface area contributed by atoms with Crippen LogP contribution in [0.2, 0.25) is 0 Å². The van der Waals surface area contributed by atoms with E-state index in [4.69, 9.17) is 18.0 Å². The van der Waals surface area contributed by atoms with Gasteiger partial charge in [0, 0.05) is 23.7 Å². The highest BCUT2D eigenvalue weighted by molar-refractivity contribution is 7.80. The Morgan fingerprint density at radius 1 is 1.30 bits per heavy atom. The van der Waals surface area contributed by atoms with Crippen LogP contribution in [0.1, 0.15) is 25.0 Å². The van der Waals surface area contributed by atoms with Gasteiger partial charge in [-0.3, -0.25) is 24.6 Å². The summed E-state index contributed by atoms with van der Waals surface area (Å²) >= 11 is 5.05. The van der Waals surface area contributed by atoms with E-state index in [1.807, 2.05) is 25.1 Å². The largest absolute Gasteiger partial charge is 0.368 e. The molecule has 1 saturated heterocycles. The Kier molecular flexibility index (Phi) is 5.09. The average molecular weight is 384 g/mol. The molecule has 2 aromatic rings. The minimum atomic E-state index is -0.530. The molecule has 1 aromatic heterocycles. The summed E-state index contributed by atoms with van der Waals surface area (Å²) in [4.78, 5) is 37.8. The van der Waals surface area contributed by atoms with Crippen molar-refractivity contribution in [1.29, 1.82) is 0 Å². The molecule has 1 fully saturated rings. The number of fused-ring (bicyclic) bond motifs is 1.